The van der Waals surface area contributed by atoms with Crippen LogP contribution in [0.15, 0.2) is 18.2 Å². The molecule has 5 heteroatoms. The first-order chi connectivity index (χ1) is 9.70. The van der Waals surface area contributed by atoms with Crippen LogP contribution in [-0.4, -0.2) is 28.9 Å². The molecule has 0 fully saturated rings. The topological polar surface area (TPSA) is 61.6 Å². The minimum atomic E-state index is -0.851. The van der Waals surface area contributed by atoms with Gasteiger partial charge in [0.15, 0.2) is 11.5 Å². The van der Waals surface area contributed by atoms with Gasteiger partial charge in [-0.25, -0.2) is 0 Å². The van der Waals surface area contributed by atoms with Gasteiger partial charge in [0, 0.05) is 28.3 Å². The summed E-state index contributed by atoms with van der Waals surface area (Å²) in [6.07, 6.45) is 3.29. The molecule has 1 aliphatic heterocycles. The first-order valence-electron chi connectivity index (χ1n) is 7.21. The quantitative estimate of drug-likeness (QED) is 0.785. The zero-order chi connectivity index (χ0) is 14.4. The molecule has 20 heavy (non-hydrogen) atoms. The van der Waals surface area contributed by atoms with E-state index in [2.05, 4.69) is 6.92 Å². The SMILES string of the molecule is CCCCCS(=O)CC(N)c1ccc2c(c1)OCCO2. The standard InChI is InChI=1S/C15H23NO3S/c1-2-3-4-9-20(17)11-13(16)12-5-6-14-15(10-12)19-8-7-18-14/h5-6,10,13H,2-4,7-9,11,16H2,1H3. The van der Waals surface area contributed by atoms with Gasteiger partial charge in [0.25, 0.3) is 0 Å². The van der Waals surface area contributed by atoms with E-state index in [1.54, 1.807) is 0 Å². The number of fused-ring (bicyclic) bond motifs is 1. The van der Waals surface area contributed by atoms with Crippen molar-refractivity contribution in [3.8, 4) is 11.5 Å². The Kier molecular flexibility index (Phi) is 5.86. The largest absolute Gasteiger partial charge is 0.486 e. The van der Waals surface area contributed by atoms with Crippen molar-refractivity contribution < 1.29 is 13.7 Å². The van der Waals surface area contributed by atoms with Crippen LogP contribution in [0.1, 0.15) is 37.8 Å². The van der Waals surface area contributed by atoms with Crippen molar-refractivity contribution in [2.75, 3.05) is 24.7 Å². The molecule has 0 spiro atoms. The highest BCUT2D eigenvalue weighted by molar-refractivity contribution is 7.85. The molecule has 4 nitrogen and oxygen atoms in total. The van der Waals surface area contributed by atoms with Gasteiger partial charge in [-0.15, -0.1) is 0 Å². The average Bonchev–Trinajstić information content (AvgIpc) is 2.47. The van der Waals surface area contributed by atoms with E-state index in [0.29, 0.717) is 19.0 Å². The number of rotatable bonds is 7. The van der Waals surface area contributed by atoms with Gasteiger partial charge < -0.3 is 15.2 Å². The molecule has 0 radical (unpaired) electrons. The molecule has 2 unspecified atom stereocenters. The van der Waals surface area contributed by atoms with Crippen molar-refractivity contribution in [2.45, 2.75) is 32.2 Å². The Morgan fingerprint density at radius 2 is 2.00 bits per heavy atom. The van der Waals surface area contributed by atoms with Crippen LogP contribution >= 0.6 is 0 Å². The van der Waals surface area contributed by atoms with Gasteiger partial charge in [0.1, 0.15) is 13.2 Å². The lowest BCUT2D eigenvalue weighted by Gasteiger charge is -2.20. The summed E-state index contributed by atoms with van der Waals surface area (Å²) in [6, 6.07) is 5.50. The van der Waals surface area contributed by atoms with Gasteiger partial charge in [0.05, 0.1) is 0 Å². The van der Waals surface area contributed by atoms with Gasteiger partial charge in [-0.2, -0.15) is 0 Å². The highest BCUT2D eigenvalue weighted by Gasteiger charge is 2.16. The third kappa shape index (κ3) is 4.21. The monoisotopic (exact) mass is 297 g/mol. The first-order valence-corrected chi connectivity index (χ1v) is 8.69. The van der Waals surface area contributed by atoms with Crippen LogP contribution in [0.5, 0.6) is 11.5 Å². The van der Waals surface area contributed by atoms with Gasteiger partial charge in [-0.05, 0) is 24.1 Å². The maximum Gasteiger partial charge on any atom is 0.161 e. The molecule has 2 N–H and O–H groups in total. The molecular formula is C15H23NO3S. The highest BCUT2D eigenvalue weighted by atomic mass is 32.2. The molecule has 2 rings (SSSR count). The number of benzene rings is 1. The number of nitrogens with two attached hydrogens (primary N) is 1. The molecule has 0 saturated carbocycles. The minimum absolute atomic E-state index is 0.215. The number of ether oxygens (including phenoxy) is 2. The van der Waals surface area contributed by atoms with Crippen molar-refractivity contribution >= 4 is 10.8 Å². The molecule has 2 atom stereocenters. The summed E-state index contributed by atoms with van der Waals surface area (Å²) in [6.45, 7) is 3.29. The second-order valence-corrected chi connectivity index (χ2v) is 6.65. The third-order valence-corrected chi connectivity index (χ3v) is 4.81. The summed E-state index contributed by atoms with van der Waals surface area (Å²) in [5.74, 6) is 2.74. The average molecular weight is 297 g/mol. The molecular weight excluding hydrogens is 274 g/mol. The van der Waals surface area contributed by atoms with E-state index < -0.39 is 10.8 Å². The first kappa shape index (κ1) is 15.3. The van der Waals surface area contributed by atoms with E-state index in [1.165, 1.54) is 0 Å². The lowest BCUT2D eigenvalue weighted by Crippen LogP contribution is -2.21. The Morgan fingerprint density at radius 1 is 1.25 bits per heavy atom. The maximum absolute atomic E-state index is 12.0. The molecule has 112 valence electrons. The fraction of sp³-hybridized carbons (Fsp3) is 0.600. The second kappa shape index (κ2) is 7.64. The lowest BCUT2D eigenvalue weighted by molar-refractivity contribution is 0.171. The zero-order valence-electron chi connectivity index (χ0n) is 12.0. The predicted octanol–water partition coefficient (Wildman–Crippen LogP) is 2.40. The summed E-state index contributed by atoms with van der Waals surface area (Å²) in [5, 5.41) is 0. The summed E-state index contributed by atoms with van der Waals surface area (Å²) in [4.78, 5) is 0. The van der Waals surface area contributed by atoms with Gasteiger partial charge in [-0.3, -0.25) is 4.21 Å². The third-order valence-electron chi connectivity index (χ3n) is 3.34. The Balaban J connectivity index is 1.91. The summed E-state index contributed by atoms with van der Waals surface area (Å²) in [7, 11) is -0.851. The molecule has 0 aromatic heterocycles. The van der Waals surface area contributed by atoms with Crippen LogP contribution in [0, 0.1) is 0 Å². The van der Waals surface area contributed by atoms with Crippen molar-refractivity contribution in [3.05, 3.63) is 23.8 Å². The molecule has 1 heterocycles. The summed E-state index contributed by atoms with van der Waals surface area (Å²) in [5.41, 5.74) is 7.10. The Labute approximate surface area is 123 Å². The molecule has 1 aliphatic rings. The number of hydrogen-bond acceptors (Lipinski definition) is 4. The van der Waals surface area contributed by atoms with Gasteiger partial charge >= 0.3 is 0 Å². The number of unbranched alkanes of at least 4 members (excludes halogenated alkanes) is 2. The van der Waals surface area contributed by atoms with Crippen LogP contribution in [0.4, 0.5) is 0 Å². The Bertz CT molecular complexity index is 464. The molecule has 0 amide bonds. The molecule has 0 saturated heterocycles. The highest BCUT2D eigenvalue weighted by Crippen LogP contribution is 2.32. The summed E-state index contributed by atoms with van der Waals surface area (Å²) < 4.78 is 23.0. The van der Waals surface area contributed by atoms with Crippen LogP contribution in [-0.2, 0) is 10.8 Å². The smallest absolute Gasteiger partial charge is 0.161 e. The van der Waals surface area contributed by atoms with E-state index in [1.807, 2.05) is 18.2 Å². The van der Waals surface area contributed by atoms with E-state index >= 15 is 0 Å². The fourth-order valence-electron chi connectivity index (χ4n) is 2.18. The lowest BCUT2D eigenvalue weighted by atomic mass is 10.1. The van der Waals surface area contributed by atoms with E-state index in [-0.39, 0.29) is 6.04 Å². The molecule has 1 aromatic rings. The van der Waals surface area contributed by atoms with Crippen LogP contribution < -0.4 is 15.2 Å². The van der Waals surface area contributed by atoms with Crippen LogP contribution in [0.25, 0.3) is 0 Å². The van der Waals surface area contributed by atoms with E-state index in [0.717, 1.165) is 42.1 Å². The molecule has 0 aliphatic carbocycles. The van der Waals surface area contributed by atoms with E-state index in [4.69, 9.17) is 15.2 Å². The van der Waals surface area contributed by atoms with Gasteiger partial charge in [0.2, 0.25) is 0 Å². The normalized spacial score (nSPS) is 16.7. The van der Waals surface area contributed by atoms with Crippen molar-refractivity contribution in [2.24, 2.45) is 5.73 Å². The maximum atomic E-state index is 12.0. The van der Waals surface area contributed by atoms with Crippen molar-refractivity contribution in [1.29, 1.82) is 0 Å². The van der Waals surface area contributed by atoms with Crippen LogP contribution in [0.3, 0.4) is 0 Å². The minimum Gasteiger partial charge on any atom is -0.486 e. The number of hydrogen-bond donors (Lipinski definition) is 1. The molecule has 0 bridgehead atoms. The van der Waals surface area contributed by atoms with Gasteiger partial charge in [-0.1, -0.05) is 25.8 Å². The molecule has 1 aromatic carbocycles. The van der Waals surface area contributed by atoms with Crippen molar-refractivity contribution in [1.82, 2.24) is 0 Å². The van der Waals surface area contributed by atoms with Crippen molar-refractivity contribution in [3.63, 3.8) is 0 Å². The predicted molar refractivity (Wildman–Crippen MR) is 81.8 cm³/mol. The Hall–Kier alpha value is -1.07. The Morgan fingerprint density at radius 3 is 2.75 bits per heavy atom. The second-order valence-electron chi connectivity index (χ2n) is 5.03. The zero-order valence-corrected chi connectivity index (χ0v) is 12.8. The van der Waals surface area contributed by atoms with E-state index in [9.17, 15) is 4.21 Å². The van der Waals surface area contributed by atoms with Crippen LogP contribution in [0.2, 0.25) is 0 Å². The fourth-order valence-corrected chi connectivity index (χ4v) is 3.47. The summed E-state index contributed by atoms with van der Waals surface area (Å²) >= 11 is 0.